The van der Waals surface area contributed by atoms with Gasteiger partial charge in [-0.15, -0.1) is 11.3 Å². The van der Waals surface area contributed by atoms with E-state index in [9.17, 15) is 4.39 Å². The van der Waals surface area contributed by atoms with Crippen molar-refractivity contribution in [3.05, 3.63) is 49.2 Å². The fourth-order valence-electron chi connectivity index (χ4n) is 1.60. The summed E-state index contributed by atoms with van der Waals surface area (Å²) < 4.78 is 13.8. The molecule has 0 aliphatic carbocycles. The Bertz CT molecular complexity index is 527. The van der Waals surface area contributed by atoms with E-state index in [-0.39, 0.29) is 11.9 Å². The molecule has 0 saturated carbocycles. The number of halogens is 2. The van der Waals surface area contributed by atoms with E-state index in [2.05, 4.69) is 27.6 Å². The molecule has 2 N–H and O–H groups in total. The van der Waals surface area contributed by atoms with Crippen LogP contribution < -0.4 is 5.73 Å². The van der Waals surface area contributed by atoms with Crippen molar-refractivity contribution in [2.45, 2.75) is 19.4 Å². The molecular formula is C12H12FIN2S. The van der Waals surface area contributed by atoms with Gasteiger partial charge >= 0.3 is 0 Å². The predicted octanol–water partition coefficient (Wildman–Crippen LogP) is 3.44. The quantitative estimate of drug-likeness (QED) is 0.850. The Kier molecular flexibility index (Phi) is 4.11. The van der Waals surface area contributed by atoms with Gasteiger partial charge in [0.2, 0.25) is 0 Å². The lowest BCUT2D eigenvalue weighted by atomic mass is 10.1. The molecule has 0 fully saturated rings. The maximum absolute atomic E-state index is 13.0. The van der Waals surface area contributed by atoms with Gasteiger partial charge in [-0.05, 0) is 47.2 Å². The first-order valence-electron chi connectivity index (χ1n) is 5.18. The first kappa shape index (κ1) is 12.9. The Labute approximate surface area is 117 Å². The third-order valence-corrected chi connectivity index (χ3v) is 4.35. The summed E-state index contributed by atoms with van der Waals surface area (Å²) >= 11 is 3.73. The molecule has 2 nitrogen and oxygen atoms in total. The largest absolute Gasteiger partial charge is 0.324 e. The Morgan fingerprint density at radius 3 is 2.88 bits per heavy atom. The topological polar surface area (TPSA) is 38.9 Å². The second kappa shape index (κ2) is 5.41. The number of hydrogen-bond donors (Lipinski definition) is 1. The van der Waals surface area contributed by atoms with Crippen LogP contribution >= 0.6 is 33.9 Å². The van der Waals surface area contributed by atoms with Crippen LogP contribution in [0, 0.1) is 16.3 Å². The molecule has 0 radical (unpaired) electrons. The van der Waals surface area contributed by atoms with E-state index in [4.69, 9.17) is 5.73 Å². The zero-order chi connectivity index (χ0) is 12.4. The first-order chi connectivity index (χ1) is 8.06. The molecule has 90 valence electrons. The summed E-state index contributed by atoms with van der Waals surface area (Å²) in [7, 11) is 0. The summed E-state index contributed by atoms with van der Waals surface area (Å²) in [6.07, 6.45) is 0.695. The summed E-state index contributed by atoms with van der Waals surface area (Å²) in [5.41, 5.74) is 8.12. The molecule has 1 aromatic carbocycles. The van der Waals surface area contributed by atoms with Crippen LogP contribution in [0.5, 0.6) is 0 Å². The Balaban J connectivity index is 2.17. The fourth-order valence-corrected chi connectivity index (χ4v) is 3.31. The lowest BCUT2D eigenvalue weighted by Crippen LogP contribution is -2.14. The molecule has 5 heteroatoms. The van der Waals surface area contributed by atoms with Gasteiger partial charge in [0.15, 0.2) is 0 Å². The molecule has 0 saturated heterocycles. The molecule has 2 rings (SSSR count). The summed E-state index contributed by atoms with van der Waals surface area (Å²) in [4.78, 5) is 4.39. The minimum absolute atomic E-state index is 0.131. The summed E-state index contributed by atoms with van der Waals surface area (Å²) in [6.45, 7) is 1.97. The van der Waals surface area contributed by atoms with Gasteiger partial charge in [0.05, 0.1) is 5.01 Å². The highest BCUT2D eigenvalue weighted by atomic mass is 127. The van der Waals surface area contributed by atoms with Gasteiger partial charge in [0, 0.05) is 27.1 Å². The highest BCUT2D eigenvalue weighted by molar-refractivity contribution is 14.1. The van der Waals surface area contributed by atoms with Crippen molar-refractivity contribution in [2.75, 3.05) is 0 Å². The number of nitrogens with two attached hydrogens (primary N) is 1. The average Bonchev–Trinajstić information content (AvgIpc) is 2.63. The molecule has 2 aromatic rings. The van der Waals surface area contributed by atoms with Crippen LogP contribution in [0.15, 0.2) is 23.6 Å². The van der Waals surface area contributed by atoms with E-state index < -0.39 is 0 Å². The van der Waals surface area contributed by atoms with Crippen molar-refractivity contribution in [3.8, 4) is 0 Å². The molecule has 0 spiro atoms. The molecule has 0 aliphatic heterocycles. The Morgan fingerprint density at radius 2 is 2.29 bits per heavy atom. The second-order valence-corrected chi connectivity index (χ2v) is 5.96. The van der Waals surface area contributed by atoms with E-state index in [1.165, 1.54) is 12.1 Å². The number of hydrogen-bond acceptors (Lipinski definition) is 3. The van der Waals surface area contributed by atoms with Crippen LogP contribution in [0.3, 0.4) is 0 Å². The highest BCUT2D eigenvalue weighted by Gasteiger charge is 2.13. The first-order valence-corrected chi connectivity index (χ1v) is 7.13. The van der Waals surface area contributed by atoms with Crippen LogP contribution in [0.25, 0.3) is 0 Å². The van der Waals surface area contributed by atoms with Crippen LogP contribution in [0.2, 0.25) is 0 Å². The molecule has 0 amide bonds. The normalized spacial score (nSPS) is 12.7. The monoisotopic (exact) mass is 362 g/mol. The third kappa shape index (κ3) is 3.23. The maximum atomic E-state index is 13.0. The number of aryl methyl sites for hydroxylation is 1. The lowest BCUT2D eigenvalue weighted by molar-refractivity contribution is 0.622. The standard InChI is InChI=1S/C12H12FIN2S/c1-7-6-17-12(16-7)5-11(15)9-3-2-8(13)4-10(9)14/h2-4,6,11H,5,15H2,1H3. The SMILES string of the molecule is Cc1csc(CC(N)c2ccc(F)cc2I)n1. The third-order valence-electron chi connectivity index (χ3n) is 2.42. The second-order valence-electron chi connectivity index (χ2n) is 3.86. The van der Waals surface area contributed by atoms with Crippen molar-refractivity contribution < 1.29 is 4.39 Å². The lowest BCUT2D eigenvalue weighted by Gasteiger charge is -2.12. The van der Waals surface area contributed by atoms with Crippen LogP contribution in [-0.2, 0) is 6.42 Å². The van der Waals surface area contributed by atoms with Gasteiger partial charge < -0.3 is 5.73 Å². The molecule has 1 unspecified atom stereocenters. The fraction of sp³-hybridized carbons (Fsp3) is 0.250. The molecule has 1 aromatic heterocycles. The predicted molar refractivity (Wildman–Crippen MR) is 76.6 cm³/mol. The van der Waals surface area contributed by atoms with Crippen molar-refractivity contribution in [2.24, 2.45) is 5.73 Å². The summed E-state index contributed by atoms with van der Waals surface area (Å²) in [5.74, 6) is -0.226. The highest BCUT2D eigenvalue weighted by Crippen LogP contribution is 2.23. The van der Waals surface area contributed by atoms with E-state index in [1.54, 1.807) is 17.4 Å². The van der Waals surface area contributed by atoms with E-state index >= 15 is 0 Å². The van der Waals surface area contributed by atoms with E-state index in [0.717, 1.165) is 19.8 Å². The van der Waals surface area contributed by atoms with Crippen LogP contribution in [0.4, 0.5) is 4.39 Å². The van der Waals surface area contributed by atoms with Crippen molar-refractivity contribution in [1.82, 2.24) is 4.98 Å². The van der Waals surface area contributed by atoms with Gasteiger partial charge in [-0.2, -0.15) is 0 Å². The number of benzene rings is 1. The van der Waals surface area contributed by atoms with E-state index in [0.29, 0.717) is 6.42 Å². The van der Waals surface area contributed by atoms with Gasteiger partial charge in [-0.25, -0.2) is 9.37 Å². The minimum Gasteiger partial charge on any atom is -0.324 e. The number of aromatic nitrogens is 1. The van der Waals surface area contributed by atoms with Crippen LogP contribution in [0.1, 0.15) is 22.3 Å². The van der Waals surface area contributed by atoms with E-state index in [1.807, 2.05) is 12.3 Å². The zero-order valence-electron chi connectivity index (χ0n) is 9.28. The van der Waals surface area contributed by atoms with Gasteiger partial charge in [0.1, 0.15) is 5.82 Å². The van der Waals surface area contributed by atoms with Crippen molar-refractivity contribution >= 4 is 33.9 Å². The smallest absolute Gasteiger partial charge is 0.124 e. The number of thiazole rings is 1. The average molecular weight is 362 g/mol. The Morgan fingerprint density at radius 1 is 1.53 bits per heavy atom. The number of nitrogens with zero attached hydrogens (tertiary/aromatic N) is 1. The molecule has 1 atom stereocenters. The van der Waals surface area contributed by atoms with Gasteiger partial charge in [0.25, 0.3) is 0 Å². The summed E-state index contributed by atoms with van der Waals surface area (Å²) in [5, 5.41) is 3.03. The molecular weight excluding hydrogens is 350 g/mol. The van der Waals surface area contributed by atoms with Gasteiger partial charge in [-0.1, -0.05) is 6.07 Å². The number of rotatable bonds is 3. The van der Waals surface area contributed by atoms with Crippen molar-refractivity contribution in [3.63, 3.8) is 0 Å². The summed E-state index contributed by atoms with van der Waals surface area (Å²) in [6, 6.07) is 4.57. The molecule has 17 heavy (non-hydrogen) atoms. The Hall–Kier alpha value is -0.530. The van der Waals surface area contributed by atoms with Crippen LogP contribution in [-0.4, -0.2) is 4.98 Å². The molecule has 0 aliphatic rings. The maximum Gasteiger partial charge on any atom is 0.124 e. The molecule has 0 bridgehead atoms. The zero-order valence-corrected chi connectivity index (χ0v) is 12.3. The minimum atomic E-state index is -0.226. The van der Waals surface area contributed by atoms with Gasteiger partial charge in [-0.3, -0.25) is 0 Å². The van der Waals surface area contributed by atoms with Crippen molar-refractivity contribution in [1.29, 1.82) is 0 Å². The molecule has 1 heterocycles.